The Morgan fingerprint density at radius 3 is 2.62 bits per heavy atom. The number of hydrogen-bond donors (Lipinski definition) is 2. The van der Waals surface area contributed by atoms with E-state index < -0.39 is 17.9 Å². The molecule has 3 heterocycles. The van der Waals surface area contributed by atoms with Crippen molar-refractivity contribution >= 4 is 45.0 Å². The number of rotatable bonds is 7. The molecule has 5 rings (SSSR count). The monoisotopic (exact) mass is 623 g/mol. The van der Waals surface area contributed by atoms with Crippen LogP contribution in [0.2, 0.25) is 5.02 Å². The summed E-state index contributed by atoms with van der Waals surface area (Å²) < 4.78 is 40.5. The van der Waals surface area contributed by atoms with Crippen LogP contribution in [0.3, 0.4) is 0 Å². The maximum Gasteiger partial charge on any atom is 0.455 e. The number of alkyl halides is 3. The van der Waals surface area contributed by atoms with E-state index in [2.05, 4.69) is 52.1 Å². The number of pyridine rings is 1. The van der Waals surface area contributed by atoms with Gasteiger partial charge in [0, 0.05) is 16.7 Å². The molecule has 0 aliphatic heterocycles. The van der Waals surface area contributed by atoms with Crippen molar-refractivity contribution in [1.82, 2.24) is 40.3 Å². The number of carbonyl (C=O) groups is 2. The largest absolute Gasteiger partial charge is 0.455 e. The van der Waals surface area contributed by atoms with Gasteiger partial charge in [0.15, 0.2) is 5.82 Å². The van der Waals surface area contributed by atoms with Gasteiger partial charge < -0.3 is 10.6 Å². The van der Waals surface area contributed by atoms with Crippen molar-refractivity contribution < 1.29 is 22.8 Å². The molecule has 1 fully saturated rings. The molecule has 11 nitrogen and oxygen atoms in total. The van der Waals surface area contributed by atoms with E-state index in [1.54, 1.807) is 31.2 Å². The maximum atomic E-state index is 13.6. The molecule has 2 N–H and O–H groups in total. The van der Waals surface area contributed by atoms with Crippen molar-refractivity contribution in [2.24, 2.45) is 0 Å². The summed E-state index contributed by atoms with van der Waals surface area (Å²) in [5.41, 5.74) is 1.25. The van der Waals surface area contributed by atoms with Gasteiger partial charge in [0.1, 0.15) is 12.2 Å². The summed E-state index contributed by atoms with van der Waals surface area (Å²) in [6, 6.07) is 7.92. The van der Waals surface area contributed by atoms with Crippen molar-refractivity contribution in [3.8, 4) is 5.82 Å². The van der Waals surface area contributed by atoms with E-state index in [1.165, 1.54) is 12.3 Å². The van der Waals surface area contributed by atoms with Gasteiger partial charge in [-0.2, -0.15) is 23.1 Å². The third-order valence-corrected chi connectivity index (χ3v) is 6.39. The molecule has 0 saturated heterocycles. The molecule has 16 heteroatoms. The fourth-order valence-corrected chi connectivity index (χ4v) is 4.46. The highest BCUT2D eigenvalue weighted by atomic mass is 79.9. The van der Waals surface area contributed by atoms with Crippen molar-refractivity contribution in [3.05, 3.63) is 74.4 Å². The first kappa shape index (κ1) is 26.7. The van der Waals surface area contributed by atoms with Gasteiger partial charge in [-0.15, -0.1) is 10.2 Å². The predicted octanol–water partition coefficient (Wildman–Crippen LogP) is 4.19. The highest BCUT2D eigenvalue weighted by Gasteiger charge is 2.37. The van der Waals surface area contributed by atoms with Crippen LogP contribution in [0.1, 0.15) is 50.8 Å². The number of tetrazole rings is 1. The summed E-state index contributed by atoms with van der Waals surface area (Å²) >= 11 is 9.69. The van der Waals surface area contributed by atoms with E-state index in [9.17, 15) is 22.8 Å². The first-order chi connectivity index (χ1) is 18.5. The van der Waals surface area contributed by atoms with Crippen LogP contribution in [0.4, 0.5) is 18.9 Å². The molecule has 0 spiro atoms. The number of hydrogen-bond acceptors (Lipinski definition) is 7. The van der Waals surface area contributed by atoms with Gasteiger partial charge in [0.2, 0.25) is 0 Å². The molecule has 0 unspecified atom stereocenters. The van der Waals surface area contributed by atoms with Crippen LogP contribution in [0.25, 0.3) is 5.82 Å². The second-order valence-electron chi connectivity index (χ2n) is 8.73. The summed E-state index contributed by atoms with van der Waals surface area (Å²) in [7, 11) is 0. The van der Waals surface area contributed by atoms with Crippen molar-refractivity contribution in [3.63, 3.8) is 0 Å². The maximum absolute atomic E-state index is 13.6. The lowest BCUT2D eigenvalue weighted by molar-refractivity contribution is -0.145. The Labute approximate surface area is 231 Å². The van der Waals surface area contributed by atoms with Gasteiger partial charge in [-0.05, 0) is 60.9 Å². The number of benzene rings is 1. The predicted molar refractivity (Wildman–Crippen MR) is 136 cm³/mol. The lowest BCUT2D eigenvalue weighted by Crippen LogP contribution is -2.27. The number of nitrogens with one attached hydrogen (secondary N) is 2. The highest BCUT2D eigenvalue weighted by Crippen LogP contribution is 2.29. The molecule has 1 saturated carbocycles. The van der Waals surface area contributed by atoms with Gasteiger partial charge in [0.05, 0.1) is 22.0 Å². The average molecular weight is 625 g/mol. The highest BCUT2D eigenvalue weighted by molar-refractivity contribution is 9.10. The zero-order valence-electron chi connectivity index (χ0n) is 20.0. The minimum atomic E-state index is -4.77. The Morgan fingerprint density at radius 2 is 1.95 bits per heavy atom. The van der Waals surface area contributed by atoms with E-state index in [1.807, 2.05) is 0 Å². The van der Waals surface area contributed by atoms with Crippen LogP contribution in [0, 0.1) is 6.92 Å². The third kappa shape index (κ3) is 5.93. The zero-order valence-corrected chi connectivity index (χ0v) is 22.3. The number of amides is 2. The van der Waals surface area contributed by atoms with Crippen LogP contribution in [0.15, 0.2) is 41.0 Å². The number of aromatic nitrogens is 7. The molecule has 1 aliphatic carbocycles. The first-order valence-corrected chi connectivity index (χ1v) is 12.6. The number of carbonyl (C=O) groups excluding carboxylic acids is 2. The fourth-order valence-electron chi connectivity index (χ4n) is 3.69. The van der Waals surface area contributed by atoms with Crippen molar-refractivity contribution in [2.45, 2.75) is 38.5 Å². The number of nitrogens with zero attached hydrogens (tertiary/aromatic N) is 7. The van der Waals surface area contributed by atoms with E-state index in [-0.39, 0.29) is 52.0 Å². The molecule has 0 radical (unpaired) electrons. The molecule has 39 heavy (non-hydrogen) atoms. The topological polar surface area (TPSA) is 133 Å². The number of anilines is 1. The number of aryl methyl sites for hydroxylation is 1. The minimum Gasteiger partial charge on any atom is -0.349 e. The van der Waals surface area contributed by atoms with E-state index >= 15 is 0 Å². The summed E-state index contributed by atoms with van der Waals surface area (Å²) in [6.45, 7) is 1.41. The molecular formula is C23H18BrClF3N9O2. The molecule has 1 aliphatic rings. The van der Waals surface area contributed by atoms with Gasteiger partial charge >= 0.3 is 6.18 Å². The molecule has 1 aromatic carbocycles. The van der Waals surface area contributed by atoms with Crippen molar-refractivity contribution in [2.75, 3.05) is 5.32 Å². The summed E-state index contributed by atoms with van der Waals surface area (Å²) in [4.78, 5) is 31.4. The van der Waals surface area contributed by atoms with Gasteiger partial charge in [-0.1, -0.05) is 27.5 Å². The fraction of sp³-hybridized carbons (Fsp3) is 0.261. The van der Waals surface area contributed by atoms with Crippen LogP contribution in [0.5, 0.6) is 0 Å². The van der Waals surface area contributed by atoms with Crippen LogP contribution >= 0.6 is 27.5 Å². The van der Waals surface area contributed by atoms with Crippen LogP contribution in [-0.2, 0) is 12.7 Å². The molecule has 2 amide bonds. The second-order valence-corrected chi connectivity index (χ2v) is 10.1. The quantitative estimate of drug-likeness (QED) is 0.315. The Kier molecular flexibility index (Phi) is 7.11. The lowest BCUT2D eigenvalue weighted by atomic mass is 10.1. The molecule has 0 atom stereocenters. The van der Waals surface area contributed by atoms with Gasteiger partial charge in [-0.3, -0.25) is 9.59 Å². The van der Waals surface area contributed by atoms with Crippen molar-refractivity contribution in [1.29, 1.82) is 0 Å². The summed E-state index contributed by atoms with van der Waals surface area (Å²) in [6.07, 6.45) is -1.55. The van der Waals surface area contributed by atoms with E-state index in [0.717, 1.165) is 17.5 Å². The SMILES string of the molecule is Cc1cc(Br)cc(C(=O)NC2CC2)c1NC(=O)c1cc(Cn2nnc(C(F)(F)F)n2)nn1-c1ncccc1Cl. The molecule has 0 bridgehead atoms. The average Bonchev–Trinajstić information content (AvgIpc) is 3.37. The van der Waals surface area contributed by atoms with Gasteiger partial charge in [0.25, 0.3) is 17.6 Å². The molecule has 202 valence electrons. The smallest absolute Gasteiger partial charge is 0.349 e. The van der Waals surface area contributed by atoms with Crippen LogP contribution < -0.4 is 10.6 Å². The van der Waals surface area contributed by atoms with Crippen LogP contribution in [-0.4, -0.2) is 52.8 Å². The standard InChI is InChI=1S/C23H18BrClF3N9O2/c1-11-7-12(24)8-15(20(38)30-13-4-5-13)18(11)31-21(39)17-9-14(10-36-34-22(32-35-36)23(26,27)28)33-37(17)19-16(25)3-2-6-29-19/h2-3,6-9,13H,4-5,10H2,1H3,(H,30,38)(H,31,39). The summed E-state index contributed by atoms with van der Waals surface area (Å²) in [5, 5.41) is 19.9. The van der Waals surface area contributed by atoms with E-state index in [0.29, 0.717) is 14.8 Å². The molecular weight excluding hydrogens is 607 g/mol. The Bertz CT molecular complexity index is 1580. The first-order valence-electron chi connectivity index (χ1n) is 11.5. The Hall–Kier alpha value is -3.85. The Balaban J connectivity index is 1.51. The Morgan fingerprint density at radius 1 is 1.18 bits per heavy atom. The van der Waals surface area contributed by atoms with Gasteiger partial charge in [-0.25, -0.2) is 9.67 Å². The second kappa shape index (κ2) is 10.4. The molecule has 3 aromatic heterocycles. The summed E-state index contributed by atoms with van der Waals surface area (Å²) in [5.74, 6) is -2.30. The normalized spacial score (nSPS) is 13.4. The third-order valence-electron chi connectivity index (χ3n) is 5.64. The lowest BCUT2D eigenvalue weighted by Gasteiger charge is -2.15. The minimum absolute atomic E-state index is 0.0439. The molecule has 4 aromatic rings. The van der Waals surface area contributed by atoms with E-state index in [4.69, 9.17) is 11.6 Å². The zero-order chi connectivity index (χ0) is 27.9. The number of halogens is 5.